The summed E-state index contributed by atoms with van der Waals surface area (Å²) in [5, 5.41) is 0. The average molecular weight is 621 g/mol. The van der Waals surface area contributed by atoms with Gasteiger partial charge in [0.1, 0.15) is 24.7 Å². The summed E-state index contributed by atoms with van der Waals surface area (Å²) >= 11 is 0. The van der Waals surface area contributed by atoms with E-state index in [1.54, 1.807) is 97.1 Å². The Kier molecular flexibility index (Phi) is 11.1. The zero-order chi connectivity index (χ0) is 33.1. The predicted molar refractivity (Wildman–Crippen MR) is 174 cm³/mol. The Morgan fingerprint density at radius 3 is 1.28 bits per heavy atom. The van der Waals surface area contributed by atoms with E-state index in [4.69, 9.17) is 30.4 Å². The van der Waals surface area contributed by atoms with Gasteiger partial charge in [-0.2, -0.15) is 0 Å². The molecule has 0 spiro atoms. The second-order valence-electron chi connectivity index (χ2n) is 10.0. The molecule has 0 aliphatic carbocycles. The molecule has 10 nitrogen and oxygen atoms in total. The molecule has 0 aliphatic rings. The second-order valence-corrected chi connectivity index (χ2v) is 10.0. The second kappa shape index (κ2) is 15.5. The molecule has 4 N–H and O–H groups in total. The van der Waals surface area contributed by atoms with E-state index in [2.05, 4.69) is 0 Å². The highest BCUT2D eigenvalue weighted by Crippen LogP contribution is 2.31. The number of nitrogens with two attached hydrogens (primary N) is 2. The van der Waals surface area contributed by atoms with Crippen molar-refractivity contribution in [1.82, 2.24) is 0 Å². The van der Waals surface area contributed by atoms with Crippen LogP contribution in [0.2, 0.25) is 0 Å². The van der Waals surface area contributed by atoms with Crippen molar-refractivity contribution in [2.45, 2.75) is 27.1 Å². The first-order valence-corrected chi connectivity index (χ1v) is 14.1. The monoisotopic (exact) mass is 620 g/mol. The van der Waals surface area contributed by atoms with Crippen LogP contribution in [0, 0.1) is 0 Å². The fourth-order valence-corrected chi connectivity index (χ4v) is 4.34. The van der Waals surface area contributed by atoms with Crippen molar-refractivity contribution in [2.75, 3.05) is 11.5 Å². The van der Waals surface area contributed by atoms with Crippen molar-refractivity contribution in [3.05, 3.63) is 119 Å². The van der Waals surface area contributed by atoms with Crippen molar-refractivity contribution >= 4 is 47.4 Å². The Labute approximate surface area is 265 Å². The highest BCUT2D eigenvalue weighted by molar-refractivity contribution is 5.88. The lowest BCUT2D eigenvalue weighted by Crippen LogP contribution is -2.06. The third-order valence-electron chi connectivity index (χ3n) is 6.40. The molecule has 0 fully saturated rings. The van der Waals surface area contributed by atoms with Gasteiger partial charge in [-0.3, -0.25) is 9.59 Å². The number of hydrogen-bond donors (Lipinski definition) is 2. The lowest BCUT2D eigenvalue weighted by molar-refractivity contribution is -0.139. The summed E-state index contributed by atoms with van der Waals surface area (Å²) in [5.41, 5.74) is 17.2. The maximum absolute atomic E-state index is 12.5. The number of hydrogen-bond acceptors (Lipinski definition) is 10. The molecule has 4 aromatic rings. The smallest absolute Gasteiger partial charge is 0.331 e. The van der Waals surface area contributed by atoms with E-state index in [9.17, 15) is 19.2 Å². The first-order chi connectivity index (χ1) is 22.0. The SMILES string of the molecule is CC(=O)Oc1ccc(/C=C/C(=O)OCc2cc(N)ccc2-c2ccc(N)cc2COC(=O)/C=C/c2ccc(OC(C)=O)cc2)cc1. The molecule has 0 amide bonds. The molecule has 0 saturated heterocycles. The van der Waals surface area contributed by atoms with E-state index in [1.165, 1.54) is 26.0 Å². The maximum Gasteiger partial charge on any atom is 0.331 e. The van der Waals surface area contributed by atoms with Crippen molar-refractivity contribution in [3.8, 4) is 22.6 Å². The Morgan fingerprint density at radius 2 is 0.935 bits per heavy atom. The molecular weight excluding hydrogens is 588 g/mol. The molecule has 0 atom stereocenters. The van der Waals surface area contributed by atoms with Gasteiger partial charge in [-0.1, -0.05) is 36.4 Å². The first-order valence-electron chi connectivity index (χ1n) is 14.1. The minimum Gasteiger partial charge on any atom is -0.458 e. The van der Waals surface area contributed by atoms with Crippen LogP contribution in [0.25, 0.3) is 23.3 Å². The zero-order valence-electron chi connectivity index (χ0n) is 25.2. The lowest BCUT2D eigenvalue weighted by atomic mass is 9.95. The number of carbonyl (C=O) groups is 4. The van der Waals surface area contributed by atoms with Crippen LogP contribution in [0.4, 0.5) is 11.4 Å². The molecule has 0 bridgehead atoms. The highest BCUT2D eigenvalue weighted by atomic mass is 16.5. The number of carbonyl (C=O) groups excluding carboxylic acids is 4. The van der Waals surface area contributed by atoms with E-state index in [0.717, 1.165) is 11.1 Å². The summed E-state index contributed by atoms with van der Waals surface area (Å²) in [6.07, 6.45) is 5.75. The van der Waals surface area contributed by atoms with Gasteiger partial charge in [0.2, 0.25) is 0 Å². The van der Waals surface area contributed by atoms with Crippen LogP contribution < -0.4 is 20.9 Å². The van der Waals surface area contributed by atoms with E-state index in [-0.39, 0.29) is 13.2 Å². The molecule has 0 saturated carbocycles. The van der Waals surface area contributed by atoms with Crippen LogP contribution in [0.5, 0.6) is 11.5 Å². The number of benzene rings is 4. The molecule has 0 radical (unpaired) electrons. The summed E-state index contributed by atoms with van der Waals surface area (Å²) in [6, 6.07) is 23.8. The normalized spacial score (nSPS) is 10.9. The molecule has 0 aliphatic heterocycles. The number of esters is 4. The average Bonchev–Trinajstić information content (AvgIpc) is 3.02. The lowest BCUT2D eigenvalue weighted by Gasteiger charge is -2.15. The molecule has 0 unspecified atom stereocenters. The Balaban J connectivity index is 1.42. The maximum atomic E-state index is 12.5. The van der Waals surface area contributed by atoms with Crippen LogP contribution in [0.15, 0.2) is 97.1 Å². The molecule has 0 heterocycles. The molecule has 4 rings (SSSR count). The van der Waals surface area contributed by atoms with Gasteiger partial charge in [0.25, 0.3) is 0 Å². The topological polar surface area (TPSA) is 157 Å². The Hall–Kier alpha value is -6.16. The Bertz CT molecular complexity index is 1660. The standard InChI is InChI=1S/C36H32N2O8/c1-23(39)45-31-11-3-25(4-12-31)7-17-35(41)43-21-27-19-29(37)9-15-33(27)34-16-10-30(38)20-28(34)22-44-36(42)18-8-26-5-13-32(14-6-26)46-24(2)40/h3-20H,21-22,37-38H2,1-2H3/b17-7+,18-8+. The molecule has 0 aromatic heterocycles. The number of nitrogen functional groups attached to an aromatic ring is 2. The molecule has 10 heteroatoms. The van der Waals surface area contributed by atoms with Crippen molar-refractivity contribution in [3.63, 3.8) is 0 Å². The van der Waals surface area contributed by atoms with E-state index in [1.807, 2.05) is 0 Å². The summed E-state index contributed by atoms with van der Waals surface area (Å²) < 4.78 is 21.0. The Morgan fingerprint density at radius 1 is 0.565 bits per heavy atom. The van der Waals surface area contributed by atoms with Crippen LogP contribution in [0.3, 0.4) is 0 Å². The van der Waals surface area contributed by atoms with Crippen molar-refractivity contribution < 1.29 is 38.1 Å². The highest BCUT2D eigenvalue weighted by Gasteiger charge is 2.14. The van der Waals surface area contributed by atoms with Gasteiger partial charge >= 0.3 is 23.9 Å². The van der Waals surface area contributed by atoms with Crippen LogP contribution in [-0.4, -0.2) is 23.9 Å². The predicted octanol–water partition coefficient (Wildman–Crippen LogP) is 5.88. The minimum atomic E-state index is -0.572. The fourth-order valence-electron chi connectivity index (χ4n) is 4.34. The van der Waals surface area contributed by atoms with Crippen molar-refractivity contribution in [2.24, 2.45) is 0 Å². The minimum absolute atomic E-state index is 0.0719. The summed E-state index contributed by atoms with van der Waals surface area (Å²) in [7, 11) is 0. The molecular formula is C36H32N2O8. The van der Waals surface area contributed by atoms with Gasteiger partial charge in [-0.25, -0.2) is 9.59 Å². The van der Waals surface area contributed by atoms with E-state index < -0.39 is 23.9 Å². The van der Waals surface area contributed by atoms with E-state index in [0.29, 0.717) is 45.1 Å². The van der Waals surface area contributed by atoms with Gasteiger partial charge in [0.15, 0.2) is 0 Å². The molecule has 234 valence electrons. The molecule has 46 heavy (non-hydrogen) atoms. The number of anilines is 2. The quantitative estimate of drug-likeness (QED) is 0.0898. The van der Waals surface area contributed by atoms with Crippen LogP contribution in [0.1, 0.15) is 36.1 Å². The van der Waals surface area contributed by atoms with Gasteiger partial charge in [0.05, 0.1) is 0 Å². The summed E-state index contributed by atoms with van der Waals surface area (Å²) in [6.45, 7) is 2.49. The number of rotatable bonds is 11. The number of ether oxygens (including phenoxy) is 4. The summed E-state index contributed by atoms with van der Waals surface area (Å²) in [5.74, 6) is -1.18. The fraction of sp³-hybridized carbons (Fsp3) is 0.111. The first kappa shape index (κ1) is 32.7. The third kappa shape index (κ3) is 9.95. The summed E-state index contributed by atoms with van der Waals surface area (Å²) in [4.78, 5) is 47.2. The van der Waals surface area contributed by atoms with Crippen molar-refractivity contribution in [1.29, 1.82) is 0 Å². The van der Waals surface area contributed by atoms with Crippen LogP contribution in [-0.2, 0) is 41.9 Å². The van der Waals surface area contributed by atoms with Gasteiger partial charge in [-0.05, 0) is 94.1 Å². The van der Waals surface area contributed by atoms with Gasteiger partial charge in [-0.15, -0.1) is 0 Å². The van der Waals surface area contributed by atoms with E-state index >= 15 is 0 Å². The molecule has 4 aromatic carbocycles. The zero-order valence-corrected chi connectivity index (χ0v) is 25.2. The largest absolute Gasteiger partial charge is 0.458 e. The van der Waals surface area contributed by atoms with Gasteiger partial charge < -0.3 is 30.4 Å². The van der Waals surface area contributed by atoms with Gasteiger partial charge in [0, 0.05) is 37.4 Å². The van der Waals surface area contributed by atoms with Crippen LogP contribution >= 0.6 is 0 Å². The third-order valence-corrected chi connectivity index (χ3v) is 6.40.